The molecule has 0 bridgehead atoms. The molecule has 0 spiro atoms. The summed E-state index contributed by atoms with van der Waals surface area (Å²) in [7, 11) is 1.68. The summed E-state index contributed by atoms with van der Waals surface area (Å²) in [6.07, 6.45) is 0.864. The summed E-state index contributed by atoms with van der Waals surface area (Å²) in [5, 5.41) is 0. The SMILES string of the molecule is COc1ccc(Cc2ccccc2C2=NCCO2)cc1. The van der Waals surface area contributed by atoms with E-state index in [2.05, 4.69) is 35.3 Å². The van der Waals surface area contributed by atoms with E-state index in [0.29, 0.717) is 6.61 Å². The number of ether oxygens (including phenoxy) is 2. The van der Waals surface area contributed by atoms with Crippen molar-refractivity contribution in [3.8, 4) is 5.75 Å². The van der Waals surface area contributed by atoms with Crippen molar-refractivity contribution in [1.29, 1.82) is 0 Å². The lowest BCUT2D eigenvalue weighted by molar-refractivity contribution is 0.348. The zero-order chi connectivity index (χ0) is 13.8. The summed E-state index contributed by atoms with van der Waals surface area (Å²) in [5.41, 5.74) is 3.58. The second-order valence-electron chi connectivity index (χ2n) is 4.72. The maximum absolute atomic E-state index is 5.58. The lowest BCUT2D eigenvalue weighted by atomic mass is 9.99. The van der Waals surface area contributed by atoms with Crippen molar-refractivity contribution in [2.75, 3.05) is 20.3 Å². The Morgan fingerprint density at radius 1 is 1.10 bits per heavy atom. The fraction of sp³-hybridized carbons (Fsp3) is 0.235. The molecule has 1 heterocycles. The largest absolute Gasteiger partial charge is 0.497 e. The Hall–Kier alpha value is -2.29. The van der Waals surface area contributed by atoms with E-state index in [1.165, 1.54) is 11.1 Å². The summed E-state index contributed by atoms with van der Waals surface area (Å²) in [6, 6.07) is 16.4. The third-order valence-electron chi connectivity index (χ3n) is 3.39. The van der Waals surface area contributed by atoms with E-state index in [4.69, 9.17) is 9.47 Å². The predicted octanol–water partition coefficient (Wildman–Crippen LogP) is 3.06. The number of aliphatic imine (C=N–C) groups is 1. The molecule has 3 rings (SSSR count). The standard InChI is InChI=1S/C17H17NO2/c1-19-15-8-6-13(7-9-15)12-14-4-2-3-5-16(14)17-18-10-11-20-17/h2-9H,10-12H2,1H3. The highest BCUT2D eigenvalue weighted by Crippen LogP contribution is 2.19. The molecule has 0 amide bonds. The molecule has 0 aliphatic carbocycles. The average Bonchev–Trinajstić information content (AvgIpc) is 3.03. The van der Waals surface area contributed by atoms with Crippen LogP contribution in [0.25, 0.3) is 0 Å². The van der Waals surface area contributed by atoms with Crippen molar-refractivity contribution in [2.24, 2.45) is 4.99 Å². The Morgan fingerprint density at radius 3 is 2.60 bits per heavy atom. The van der Waals surface area contributed by atoms with Crippen LogP contribution in [0.3, 0.4) is 0 Å². The predicted molar refractivity (Wildman–Crippen MR) is 79.6 cm³/mol. The topological polar surface area (TPSA) is 30.8 Å². The smallest absolute Gasteiger partial charge is 0.216 e. The van der Waals surface area contributed by atoms with Gasteiger partial charge in [-0.2, -0.15) is 0 Å². The lowest BCUT2D eigenvalue weighted by Crippen LogP contribution is -2.05. The molecule has 0 unspecified atom stereocenters. The molecule has 20 heavy (non-hydrogen) atoms. The van der Waals surface area contributed by atoms with Crippen molar-refractivity contribution in [3.05, 3.63) is 65.2 Å². The van der Waals surface area contributed by atoms with Crippen molar-refractivity contribution < 1.29 is 9.47 Å². The number of rotatable bonds is 4. The fourth-order valence-electron chi connectivity index (χ4n) is 2.34. The van der Waals surface area contributed by atoms with E-state index >= 15 is 0 Å². The van der Waals surface area contributed by atoms with E-state index in [9.17, 15) is 0 Å². The van der Waals surface area contributed by atoms with Crippen LogP contribution in [0.15, 0.2) is 53.5 Å². The van der Waals surface area contributed by atoms with Crippen molar-refractivity contribution >= 4 is 5.90 Å². The Labute approximate surface area is 118 Å². The Morgan fingerprint density at radius 2 is 1.90 bits per heavy atom. The number of hydrogen-bond acceptors (Lipinski definition) is 3. The van der Waals surface area contributed by atoms with Gasteiger partial charge in [-0.05, 0) is 35.7 Å². The molecule has 1 aliphatic heterocycles. The quantitative estimate of drug-likeness (QED) is 0.852. The van der Waals surface area contributed by atoms with Gasteiger partial charge in [-0.1, -0.05) is 30.3 Å². The first-order chi connectivity index (χ1) is 9.86. The molecule has 3 heteroatoms. The van der Waals surface area contributed by atoms with Crippen LogP contribution in [0, 0.1) is 0 Å². The van der Waals surface area contributed by atoms with Gasteiger partial charge >= 0.3 is 0 Å². The van der Waals surface area contributed by atoms with E-state index in [0.717, 1.165) is 30.2 Å². The van der Waals surface area contributed by atoms with Crippen LogP contribution in [0.2, 0.25) is 0 Å². The third kappa shape index (κ3) is 2.67. The zero-order valence-corrected chi connectivity index (χ0v) is 11.5. The van der Waals surface area contributed by atoms with E-state index < -0.39 is 0 Å². The molecule has 3 nitrogen and oxygen atoms in total. The fourth-order valence-corrected chi connectivity index (χ4v) is 2.34. The highest BCUT2D eigenvalue weighted by Gasteiger charge is 2.14. The van der Waals surface area contributed by atoms with Crippen molar-refractivity contribution in [1.82, 2.24) is 0 Å². The molecule has 2 aromatic rings. The van der Waals surface area contributed by atoms with Crippen molar-refractivity contribution in [2.45, 2.75) is 6.42 Å². The minimum absolute atomic E-state index is 0.687. The second-order valence-corrected chi connectivity index (χ2v) is 4.72. The summed E-state index contributed by atoms with van der Waals surface area (Å²) in [5.74, 6) is 1.65. The summed E-state index contributed by atoms with van der Waals surface area (Å²) < 4.78 is 10.8. The monoisotopic (exact) mass is 267 g/mol. The maximum Gasteiger partial charge on any atom is 0.216 e. The molecular weight excluding hydrogens is 250 g/mol. The highest BCUT2D eigenvalue weighted by molar-refractivity contribution is 5.96. The number of nitrogens with zero attached hydrogens (tertiary/aromatic N) is 1. The summed E-state index contributed by atoms with van der Waals surface area (Å²) in [6.45, 7) is 1.44. The molecule has 0 radical (unpaired) electrons. The highest BCUT2D eigenvalue weighted by atomic mass is 16.5. The number of hydrogen-bond donors (Lipinski definition) is 0. The molecule has 0 N–H and O–H groups in total. The first kappa shape index (κ1) is 12.7. The molecule has 102 valence electrons. The van der Waals surface area contributed by atoms with Gasteiger partial charge in [0.15, 0.2) is 0 Å². The second kappa shape index (κ2) is 5.78. The molecule has 0 atom stereocenters. The zero-order valence-electron chi connectivity index (χ0n) is 11.5. The van der Waals surface area contributed by atoms with Gasteiger partial charge in [-0.3, -0.25) is 0 Å². The van der Waals surface area contributed by atoms with Gasteiger partial charge in [-0.25, -0.2) is 4.99 Å². The van der Waals surface area contributed by atoms with E-state index in [1.807, 2.05) is 18.2 Å². The van der Waals surface area contributed by atoms with E-state index in [1.54, 1.807) is 7.11 Å². The normalized spacial score (nSPS) is 13.8. The van der Waals surface area contributed by atoms with Crippen LogP contribution < -0.4 is 4.74 Å². The molecule has 0 saturated heterocycles. The van der Waals surface area contributed by atoms with Crippen LogP contribution in [0.5, 0.6) is 5.75 Å². The van der Waals surface area contributed by atoms with Crippen molar-refractivity contribution in [3.63, 3.8) is 0 Å². The Balaban J connectivity index is 1.86. The molecule has 0 fully saturated rings. The molecule has 1 aliphatic rings. The van der Waals surface area contributed by atoms with Crippen LogP contribution in [0.4, 0.5) is 0 Å². The van der Waals surface area contributed by atoms with Gasteiger partial charge < -0.3 is 9.47 Å². The van der Waals surface area contributed by atoms with Gasteiger partial charge in [-0.15, -0.1) is 0 Å². The first-order valence-electron chi connectivity index (χ1n) is 6.75. The maximum atomic E-state index is 5.58. The van der Waals surface area contributed by atoms with Crippen LogP contribution in [0.1, 0.15) is 16.7 Å². The molecular formula is C17H17NO2. The average molecular weight is 267 g/mol. The Kier molecular flexibility index (Phi) is 3.68. The first-order valence-corrected chi connectivity index (χ1v) is 6.75. The lowest BCUT2D eigenvalue weighted by Gasteiger charge is -2.10. The number of benzene rings is 2. The minimum Gasteiger partial charge on any atom is -0.497 e. The van der Waals surface area contributed by atoms with Crippen LogP contribution >= 0.6 is 0 Å². The van der Waals surface area contributed by atoms with Crippen LogP contribution in [-0.4, -0.2) is 26.2 Å². The van der Waals surface area contributed by atoms with Gasteiger partial charge in [0, 0.05) is 5.56 Å². The van der Waals surface area contributed by atoms with Gasteiger partial charge in [0.05, 0.1) is 13.7 Å². The minimum atomic E-state index is 0.687. The third-order valence-corrected chi connectivity index (χ3v) is 3.39. The van der Waals surface area contributed by atoms with Gasteiger partial charge in [0.2, 0.25) is 5.90 Å². The summed E-state index contributed by atoms with van der Waals surface area (Å²) >= 11 is 0. The number of methoxy groups -OCH3 is 1. The Bertz CT molecular complexity index is 617. The van der Waals surface area contributed by atoms with Gasteiger partial charge in [0.25, 0.3) is 0 Å². The summed E-state index contributed by atoms with van der Waals surface area (Å²) in [4.78, 5) is 4.41. The van der Waals surface area contributed by atoms with E-state index in [-0.39, 0.29) is 0 Å². The molecule has 0 saturated carbocycles. The van der Waals surface area contributed by atoms with Crippen LogP contribution in [-0.2, 0) is 11.2 Å². The van der Waals surface area contributed by atoms with Gasteiger partial charge in [0.1, 0.15) is 12.4 Å². The molecule has 0 aromatic heterocycles. The molecule has 2 aromatic carbocycles.